The highest BCUT2D eigenvalue weighted by molar-refractivity contribution is 5.83. The van der Waals surface area contributed by atoms with E-state index in [2.05, 4.69) is 5.32 Å². The van der Waals surface area contributed by atoms with Gasteiger partial charge in [-0.25, -0.2) is 4.79 Å². The zero-order chi connectivity index (χ0) is 16.6. The molecule has 0 radical (unpaired) electrons. The predicted octanol–water partition coefficient (Wildman–Crippen LogP) is 2.94. The lowest BCUT2D eigenvalue weighted by molar-refractivity contribution is -0.137. The van der Waals surface area contributed by atoms with Crippen LogP contribution in [-0.4, -0.2) is 41.6 Å². The van der Waals surface area contributed by atoms with Gasteiger partial charge in [0.05, 0.1) is 0 Å². The van der Waals surface area contributed by atoms with E-state index in [-0.39, 0.29) is 12.0 Å². The van der Waals surface area contributed by atoms with Gasteiger partial charge in [-0.1, -0.05) is 6.42 Å². The average molecular weight is 322 g/mol. The first-order chi connectivity index (χ1) is 10.9. The number of hydrogen-bond acceptors (Lipinski definition) is 3. The van der Waals surface area contributed by atoms with Crippen molar-refractivity contribution in [2.24, 2.45) is 17.8 Å². The smallest absolute Gasteiger partial charge is 0.407 e. The number of rotatable bonds is 3. The van der Waals surface area contributed by atoms with Crippen LogP contribution in [0.4, 0.5) is 4.79 Å². The average Bonchev–Trinajstić information content (AvgIpc) is 2.95. The van der Waals surface area contributed by atoms with Crippen LogP contribution in [0.3, 0.4) is 0 Å². The Hall–Kier alpha value is -1.26. The van der Waals surface area contributed by atoms with Crippen LogP contribution < -0.4 is 5.32 Å². The number of carbonyl (C=O) groups is 2. The van der Waals surface area contributed by atoms with Crippen LogP contribution in [0.25, 0.3) is 0 Å². The van der Waals surface area contributed by atoms with Crippen LogP contribution in [0, 0.1) is 17.8 Å². The van der Waals surface area contributed by atoms with Crippen LogP contribution in [-0.2, 0) is 9.53 Å². The summed E-state index contributed by atoms with van der Waals surface area (Å²) in [4.78, 5) is 26.7. The molecule has 130 valence electrons. The van der Waals surface area contributed by atoms with Gasteiger partial charge in [0, 0.05) is 25.0 Å². The minimum atomic E-state index is -0.488. The standard InChI is InChI=1S/C18H30N2O3/c1-18(2,3)23-17(22)19-11-12-7-4-5-10-20(12)16(21)15-13-8-6-9-14(13)15/h12-15H,4-11H2,1-3H3,(H,19,22). The van der Waals surface area contributed by atoms with E-state index in [9.17, 15) is 9.59 Å². The maximum absolute atomic E-state index is 12.8. The Bertz CT molecular complexity index is 461. The summed E-state index contributed by atoms with van der Waals surface area (Å²) in [7, 11) is 0. The van der Waals surface area contributed by atoms with Gasteiger partial charge in [0.25, 0.3) is 0 Å². The number of piperidine rings is 1. The highest BCUT2D eigenvalue weighted by Crippen LogP contribution is 2.58. The monoisotopic (exact) mass is 322 g/mol. The Morgan fingerprint density at radius 1 is 1.09 bits per heavy atom. The van der Waals surface area contributed by atoms with Crippen molar-refractivity contribution in [3.8, 4) is 0 Å². The number of hydrogen-bond donors (Lipinski definition) is 1. The Labute approximate surface area is 139 Å². The summed E-state index contributed by atoms with van der Waals surface area (Å²) in [6.45, 7) is 6.91. The van der Waals surface area contributed by atoms with E-state index in [1.165, 1.54) is 19.3 Å². The normalized spacial score (nSPS) is 33.1. The number of fused-ring (bicyclic) bond motifs is 1. The number of likely N-dealkylation sites (tertiary alicyclic amines) is 1. The van der Waals surface area contributed by atoms with E-state index in [4.69, 9.17) is 4.74 Å². The Morgan fingerprint density at radius 3 is 2.43 bits per heavy atom. The molecule has 0 aromatic heterocycles. The van der Waals surface area contributed by atoms with Crippen LogP contribution in [0.5, 0.6) is 0 Å². The van der Waals surface area contributed by atoms with Crippen molar-refractivity contribution >= 4 is 12.0 Å². The number of amides is 2. The minimum Gasteiger partial charge on any atom is -0.444 e. The zero-order valence-corrected chi connectivity index (χ0v) is 14.6. The maximum atomic E-state index is 12.8. The molecule has 3 fully saturated rings. The van der Waals surface area contributed by atoms with E-state index in [1.54, 1.807) is 0 Å². The number of alkyl carbamates (subject to hydrolysis) is 1. The Morgan fingerprint density at radius 2 is 1.78 bits per heavy atom. The molecular formula is C18H30N2O3. The molecule has 2 aliphatic carbocycles. The number of nitrogens with zero attached hydrogens (tertiary/aromatic N) is 1. The summed E-state index contributed by atoms with van der Waals surface area (Å²) in [6, 6.07) is 0.130. The Kier molecular flexibility index (Phi) is 4.56. The molecule has 23 heavy (non-hydrogen) atoms. The minimum absolute atomic E-state index is 0.130. The predicted molar refractivity (Wildman–Crippen MR) is 87.9 cm³/mol. The number of nitrogens with one attached hydrogen (secondary N) is 1. The van der Waals surface area contributed by atoms with Crippen molar-refractivity contribution in [3.63, 3.8) is 0 Å². The molecule has 1 heterocycles. The SMILES string of the molecule is CC(C)(C)OC(=O)NCC1CCCCN1C(=O)C1C2CCCC21. The third-order valence-corrected chi connectivity index (χ3v) is 5.48. The highest BCUT2D eigenvalue weighted by atomic mass is 16.6. The summed E-state index contributed by atoms with van der Waals surface area (Å²) in [5, 5.41) is 2.85. The van der Waals surface area contributed by atoms with Gasteiger partial charge in [0.15, 0.2) is 0 Å². The lowest BCUT2D eigenvalue weighted by Crippen LogP contribution is -2.50. The third-order valence-electron chi connectivity index (χ3n) is 5.48. The second kappa shape index (κ2) is 6.33. The van der Waals surface area contributed by atoms with Crippen LogP contribution in [0.15, 0.2) is 0 Å². The second-order valence-corrected chi connectivity index (χ2v) is 8.35. The lowest BCUT2D eigenvalue weighted by atomic mass is 10.00. The van der Waals surface area contributed by atoms with Gasteiger partial charge in [0.2, 0.25) is 5.91 Å². The van der Waals surface area contributed by atoms with Crippen molar-refractivity contribution in [1.29, 1.82) is 0 Å². The van der Waals surface area contributed by atoms with Gasteiger partial charge in [-0.15, -0.1) is 0 Å². The fourth-order valence-corrected chi connectivity index (χ4v) is 4.40. The molecular weight excluding hydrogens is 292 g/mol. The van der Waals surface area contributed by atoms with Crippen molar-refractivity contribution in [1.82, 2.24) is 10.2 Å². The molecule has 0 bridgehead atoms. The molecule has 0 aromatic carbocycles. The summed E-state index contributed by atoms with van der Waals surface area (Å²) in [5.74, 6) is 1.94. The van der Waals surface area contributed by atoms with Crippen molar-refractivity contribution < 1.29 is 14.3 Å². The molecule has 0 spiro atoms. The molecule has 3 unspecified atom stereocenters. The summed E-state index contributed by atoms with van der Waals surface area (Å²) >= 11 is 0. The van der Waals surface area contributed by atoms with Gasteiger partial charge >= 0.3 is 6.09 Å². The molecule has 5 heteroatoms. The molecule has 3 aliphatic rings. The van der Waals surface area contributed by atoms with Crippen molar-refractivity contribution in [3.05, 3.63) is 0 Å². The molecule has 3 atom stereocenters. The largest absolute Gasteiger partial charge is 0.444 e. The number of carbonyl (C=O) groups excluding carboxylic acids is 2. The summed E-state index contributed by atoms with van der Waals surface area (Å²) < 4.78 is 5.29. The molecule has 0 aromatic rings. The highest BCUT2D eigenvalue weighted by Gasteiger charge is 2.57. The summed E-state index contributed by atoms with van der Waals surface area (Å²) in [5.41, 5.74) is -0.488. The van der Waals surface area contributed by atoms with Crippen LogP contribution in [0.2, 0.25) is 0 Å². The first-order valence-corrected chi connectivity index (χ1v) is 9.14. The lowest BCUT2D eigenvalue weighted by Gasteiger charge is -2.36. The fraction of sp³-hybridized carbons (Fsp3) is 0.889. The van der Waals surface area contributed by atoms with Gasteiger partial charge in [-0.05, 0) is 64.7 Å². The van der Waals surface area contributed by atoms with Crippen LogP contribution >= 0.6 is 0 Å². The molecule has 1 aliphatic heterocycles. The quantitative estimate of drug-likeness (QED) is 0.869. The van der Waals surface area contributed by atoms with Crippen molar-refractivity contribution in [2.45, 2.75) is 70.9 Å². The van der Waals surface area contributed by atoms with E-state index in [0.29, 0.717) is 24.3 Å². The Balaban J connectivity index is 1.52. The molecule has 2 saturated carbocycles. The van der Waals surface area contributed by atoms with Gasteiger partial charge in [-0.2, -0.15) is 0 Å². The van der Waals surface area contributed by atoms with E-state index >= 15 is 0 Å². The van der Waals surface area contributed by atoms with Gasteiger partial charge in [0.1, 0.15) is 5.60 Å². The number of ether oxygens (including phenoxy) is 1. The second-order valence-electron chi connectivity index (χ2n) is 8.35. The molecule has 1 saturated heterocycles. The molecule has 1 N–H and O–H groups in total. The summed E-state index contributed by atoms with van der Waals surface area (Å²) in [6.07, 6.45) is 6.55. The van der Waals surface area contributed by atoms with Gasteiger partial charge < -0.3 is 15.0 Å². The third kappa shape index (κ3) is 3.81. The first-order valence-electron chi connectivity index (χ1n) is 9.14. The molecule has 5 nitrogen and oxygen atoms in total. The van der Waals surface area contributed by atoms with E-state index < -0.39 is 11.7 Å². The maximum Gasteiger partial charge on any atom is 0.407 e. The topological polar surface area (TPSA) is 58.6 Å². The molecule has 2 amide bonds. The molecule has 3 rings (SSSR count). The fourth-order valence-electron chi connectivity index (χ4n) is 4.40. The van der Waals surface area contributed by atoms with Crippen LogP contribution in [0.1, 0.15) is 59.3 Å². The zero-order valence-electron chi connectivity index (χ0n) is 14.6. The first kappa shape index (κ1) is 16.6. The van der Waals surface area contributed by atoms with Gasteiger partial charge in [-0.3, -0.25) is 4.79 Å². The van der Waals surface area contributed by atoms with Crippen molar-refractivity contribution in [2.75, 3.05) is 13.1 Å². The van der Waals surface area contributed by atoms with E-state index in [0.717, 1.165) is 25.8 Å². The van der Waals surface area contributed by atoms with E-state index in [1.807, 2.05) is 25.7 Å².